The molecule has 0 aliphatic heterocycles. The minimum absolute atomic E-state index is 0.0227. The van der Waals surface area contributed by atoms with Crippen LogP contribution in [0.25, 0.3) is 0 Å². The van der Waals surface area contributed by atoms with Gasteiger partial charge < -0.3 is 9.26 Å². The zero-order valence-electron chi connectivity index (χ0n) is 14.2. The smallest absolute Gasteiger partial charge is 0.308 e. The van der Waals surface area contributed by atoms with E-state index >= 15 is 0 Å². The molecule has 1 aromatic carbocycles. The summed E-state index contributed by atoms with van der Waals surface area (Å²) in [5, 5.41) is 3.60. The predicted molar refractivity (Wildman–Crippen MR) is 87.6 cm³/mol. The van der Waals surface area contributed by atoms with Crippen molar-refractivity contribution in [3.05, 3.63) is 46.8 Å². The Balaban J connectivity index is 1.87. The highest BCUT2D eigenvalue weighted by Gasteiger charge is 2.14. The normalized spacial score (nSPS) is 10.5. The largest absolute Gasteiger partial charge is 0.483 e. The number of aromatic nitrogens is 1. The van der Waals surface area contributed by atoms with Gasteiger partial charge in [0.25, 0.3) is 5.91 Å². The maximum Gasteiger partial charge on any atom is 0.308 e. The maximum absolute atomic E-state index is 11.8. The number of nitrogens with zero attached hydrogens (tertiary/aromatic N) is 1. The van der Waals surface area contributed by atoms with Crippen molar-refractivity contribution in [2.24, 2.45) is 0 Å². The summed E-state index contributed by atoms with van der Waals surface area (Å²) < 4.78 is 10.4. The Kier molecular flexibility index (Phi) is 5.57. The molecule has 2 N–H and O–H groups in total. The third-order valence-electron chi connectivity index (χ3n) is 3.32. The van der Waals surface area contributed by atoms with E-state index in [0.717, 1.165) is 11.1 Å². The van der Waals surface area contributed by atoms with Crippen molar-refractivity contribution in [2.45, 2.75) is 33.6 Å². The number of hydrogen-bond donors (Lipinski definition) is 2. The summed E-state index contributed by atoms with van der Waals surface area (Å²) >= 11 is 0. The van der Waals surface area contributed by atoms with E-state index in [2.05, 4.69) is 29.9 Å². The Bertz CT molecular complexity index is 737. The van der Waals surface area contributed by atoms with Crippen molar-refractivity contribution in [1.82, 2.24) is 16.0 Å². The van der Waals surface area contributed by atoms with Crippen molar-refractivity contribution in [2.75, 3.05) is 6.61 Å². The molecule has 1 heterocycles. The van der Waals surface area contributed by atoms with Crippen LogP contribution in [0.2, 0.25) is 0 Å². The molecule has 128 valence electrons. The number of hydrogen-bond acceptors (Lipinski definition) is 5. The zero-order valence-corrected chi connectivity index (χ0v) is 14.2. The summed E-state index contributed by atoms with van der Waals surface area (Å²) in [6.45, 7) is 7.55. The van der Waals surface area contributed by atoms with Crippen LogP contribution in [-0.4, -0.2) is 23.6 Å². The van der Waals surface area contributed by atoms with E-state index in [1.165, 1.54) is 6.07 Å². The molecule has 0 aliphatic rings. The number of amides is 2. The molecule has 0 saturated carbocycles. The molecule has 1 aromatic heterocycles. The summed E-state index contributed by atoms with van der Waals surface area (Å²) in [6, 6.07) is 7.35. The first-order valence-electron chi connectivity index (χ1n) is 7.62. The van der Waals surface area contributed by atoms with Gasteiger partial charge in [0, 0.05) is 6.07 Å². The SMILES string of the molecule is Cc1ccc(C(C)C)c(OCC(=O)NNC(=O)c2cc(C)no2)c1. The fourth-order valence-electron chi connectivity index (χ4n) is 2.08. The quantitative estimate of drug-likeness (QED) is 0.820. The van der Waals surface area contributed by atoms with Crippen LogP contribution in [0.15, 0.2) is 28.8 Å². The Hall–Kier alpha value is -2.83. The molecule has 0 bridgehead atoms. The average Bonchev–Trinajstić information content (AvgIpc) is 2.97. The van der Waals surface area contributed by atoms with E-state index in [4.69, 9.17) is 9.26 Å². The predicted octanol–water partition coefficient (Wildman–Crippen LogP) is 2.25. The van der Waals surface area contributed by atoms with Gasteiger partial charge in [0.1, 0.15) is 5.75 Å². The number of hydrazine groups is 1. The second-order valence-electron chi connectivity index (χ2n) is 5.82. The fourth-order valence-corrected chi connectivity index (χ4v) is 2.08. The number of benzene rings is 1. The Morgan fingerprint density at radius 2 is 1.96 bits per heavy atom. The number of rotatable bonds is 5. The van der Waals surface area contributed by atoms with Gasteiger partial charge in [-0.05, 0) is 37.0 Å². The van der Waals surface area contributed by atoms with Gasteiger partial charge in [-0.2, -0.15) is 0 Å². The first kappa shape index (κ1) is 17.5. The topological polar surface area (TPSA) is 93.5 Å². The fraction of sp³-hybridized carbons (Fsp3) is 0.353. The molecule has 2 aromatic rings. The molecular weight excluding hydrogens is 310 g/mol. The van der Waals surface area contributed by atoms with E-state index in [0.29, 0.717) is 11.4 Å². The van der Waals surface area contributed by atoms with E-state index < -0.39 is 11.8 Å². The molecular formula is C17H21N3O4. The lowest BCUT2D eigenvalue weighted by Crippen LogP contribution is -2.43. The van der Waals surface area contributed by atoms with Gasteiger partial charge >= 0.3 is 5.91 Å². The highest BCUT2D eigenvalue weighted by molar-refractivity contribution is 5.93. The molecule has 0 fully saturated rings. The van der Waals surface area contributed by atoms with Crippen molar-refractivity contribution in [3.63, 3.8) is 0 Å². The van der Waals surface area contributed by atoms with E-state index in [9.17, 15) is 9.59 Å². The molecule has 0 saturated heterocycles. The third kappa shape index (κ3) is 4.58. The minimum Gasteiger partial charge on any atom is -0.483 e. The van der Waals surface area contributed by atoms with Crippen molar-refractivity contribution >= 4 is 11.8 Å². The maximum atomic E-state index is 11.8. The molecule has 7 nitrogen and oxygen atoms in total. The zero-order chi connectivity index (χ0) is 17.7. The summed E-state index contributed by atoms with van der Waals surface area (Å²) in [5.41, 5.74) is 7.16. The van der Waals surface area contributed by atoms with Crippen LogP contribution in [0.1, 0.15) is 47.1 Å². The highest BCUT2D eigenvalue weighted by Crippen LogP contribution is 2.27. The van der Waals surface area contributed by atoms with Crippen LogP contribution in [-0.2, 0) is 4.79 Å². The number of carbonyl (C=O) groups excluding carboxylic acids is 2. The molecule has 7 heteroatoms. The second kappa shape index (κ2) is 7.63. The van der Waals surface area contributed by atoms with E-state index in [1.54, 1.807) is 6.92 Å². The second-order valence-corrected chi connectivity index (χ2v) is 5.82. The molecule has 24 heavy (non-hydrogen) atoms. The number of aryl methyl sites for hydroxylation is 2. The van der Waals surface area contributed by atoms with Crippen molar-refractivity contribution in [1.29, 1.82) is 0 Å². The van der Waals surface area contributed by atoms with Crippen LogP contribution in [0.5, 0.6) is 5.75 Å². The van der Waals surface area contributed by atoms with Gasteiger partial charge in [0.15, 0.2) is 6.61 Å². The summed E-state index contributed by atoms with van der Waals surface area (Å²) in [7, 11) is 0. The van der Waals surface area contributed by atoms with E-state index in [1.807, 2.05) is 25.1 Å². The van der Waals surface area contributed by atoms with Gasteiger partial charge in [0.2, 0.25) is 5.76 Å². The van der Waals surface area contributed by atoms with Gasteiger partial charge in [-0.25, -0.2) is 0 Å². The summed E-state index contributed by atoms with van der Waals surface area (Å²) in [5.74, 6) is -0.0944. The van der Waals surface area contributed by atoms with Crippen LogP contribution < -0.4 is 15.6 Å². The van der Waals surface area contributed by atoms with Crippen LogP contribution in [0, 0.1) is 13.8 Å². The van der Waals surface area contributed by atoms with Gasteiger partial charge in [-0.3, -0.25) is 20.4 Å². The minimum atomic E-state index is -0.581. The molecule has 0 atom stereocenters. The van der Waals surface area contributed by atoms with Gasteiger partial charge in [-0.15, -0.1) is 0 Å². The lowest BCUT2D eigenvalue weighted by atomic mass is 10.0. The monoisotopic (exact) mass is 331 g/mol. The van der Waals surface area contributed by atoms with Crippen LogP contribution in [0.4, 0.5) is 0 Å². The Labute approximate surface area is 140 Å². The number of carbonyl (C=O) groups is 2. The summed E-state index contributed by atoms with van der Waals surface area (Å²) in [4.78, 5) is 23.6. The lowest BCUT2D eigenvalue weighted by molar-refractivity contribution is -0.123. The standard InChI is InChI=1S/C17H21N3O4/c1-10(2)13-6-5-11(3)7-14(13)23-9-16(21)18-19-17(22)15-8-12(4)20-24-15/h5-8,10H,9H2,1-4H3,(H,18,21)(H,19,22). The third-order valence-corrected chi connectivity index (χ3v) is 3.32. The number of nitrogens with one attached hydrogen (secondary N) is 2. The van der Waals surface area contributed by atoms with Gasteiger partial charge in [-0.1, -0.05) is 31.1 Å². The van der Waals surface area contributed by atoms with Crippen molar-refractivity contribution < 1.29 is 18.8 Å². The molecule has 2 rings (SSSR count). The van der Waals surface area contributed by atoms with E-state index in [-0.39, 0.29) is 18.3 Å². The highest BCUT2D eigenvalue weighted by atomic mass is 16.5. The van der Waals surface area contributed by atoms with Crippen LogP contribution in [0.3, 0.4) is 0 Å². The molecule has 0 aliphatic carbocycles. The Morgan fingerprint density at radius 1 is 1.21 bits per heavy atom. The molecule has 2 amide bonds. The van der Waals surface area contributed by atoms with Crippen molar-refractivity contribution in [3.8, 4) is 5.75 Å². The molecule has 0 radical (unpaired) electrons. The lowest BCUT2D eigenvalue weighted by Gasteiger charge is -2.14. The van der Waals surface area contributed by atoms with Gasteiger partial charge in [0.05, 0.1) is 5.69 Å². The first-order valence-corrected chi connectivity index (χ1v) is 7.62. The summed E-state index contributed by atoms with van der Waals surface area (Å²) in [6.07, 6.45) is 0. The average molecular weight is 331 g/mol. The molecule has 0 spiro atoms. The number of ether oxygens (including phenoxy) is 1. The molecule has 0 unspecified atom stereocenters. The van der Waals surface area contributed by atoms with Crippen LogP contribution >= 0.6 is 0 Å². The first-order chi connectivity index (χ1) is 11.4. The Morgan fingerprint density at radius 3 is 2.58 bits per heavy atom.